The van der Waals surface area contributed by atoms with Crippen LogP contribution >= 0.6 is 11.6 Å². The molecule has 8 heteroatoms. The van der Waals surface area contributed by atoms with Crippen LogP contribution in [0.1, 0.15) is 44.0 Å². The number of rotatable bonds is 3. The Hall–Kier alpha value is -1.83. The third-order valence-corrected chi connectivity index (χ3v) is 5.52. The second-order valence-electron chi connectivity index (χ2n) is 8.80. The topological polar surface area (TPSA) is 82.1 Å². The third kappa shape index (κ3) is 5.84. The van der Waals surface area contributed by atoms with Crippen LogP contribution in [0.2, 0.25) is 5.02 Å². The van der Waals surface area contributed by atoms with Crippen LogP contribution in [-0.2, 0) is 4.74 Å². The van der Waals surface area contributed by atoms with Crippen molar-refractivity contribution in [3.63, 3.8) is 0 Å². The zero-order chi connectivity index (χ0) is 21.2. The number of β-amino-alcohol motifs (C(OH)–C–C–N with tert-alkyl or cyclic N) is 1. The first-order valence-corrected chi connectivity index (χ1v) is 10.5. The Bertz CT molecular complexity index is 726. The molecule has 1 aromatic rings. The van der Waals surface area contributed by atoms with Gasteiger partial charge in [0.2, 0.25) is 0 Å². The monoisotopic (exact) mass is 423 g/mol. The van der Waals surface area contributed by atoms with Gasteiger partial charge >= 0.3 is 6.09 Å². The molecule has 1 aromatic carbocycles. The van der Waals surface area contributed by atoms with Gasteiger partial charge in [0.05, 0.1) is 18.7 Å². The van der Waals surface area contributed by atoms with Gasteiger partial charge < -0.3 is 25.0 Å². The number of aliphatic hydroxyl groups is 1. The third-order valence-electron chi connectivity index (χ3n) is 5.26. The van der Waals surface area contributed by atoms with Crippen molar-refractivity contribution in [2.24, 2.45) is 0 Å². The van der Waals surface area contributed by atoms with Crippen molar-refractivity contribution in [3.8, 4) is 0 Å². The minimum absolute atomic E-state index is 0.0112. The van der Waals surface area contributed by atoms with Crippen LogP contribution in [0.3, 0.4) is 0 Å². The van der Waals surface area contributed by atoms with Crippen LogP contribution in [0.15, 0.2) is 24.3 Å². The Kier molecular flexibility index (Phi) is 6.71. The number of nitrogens with zero attached hydrogens (tertiary/aromatic N) is 2. The number of likely N-dealkylation sites (tertiary alicyclic amines) is 2. The lowest BCUT2D eigenvalue weighted by molar-refractivity contribution is 0.0269. The molecule has 2 saturated heterocycles. The van der Waals surface area contributed by atoms with Gasteiger partial charge in [0.1, 0.15) is 5.60 Å². The highest BCUT2D eigenvalue weighted by molar-refractivity contribution is 6.30. The maximum atomic E-state index is 12.6. The lowest BCUT2D eigenvalue weighted by Gasteiger charge is -2.34. The molecule has 2 heterocycles. The van der Waals surface area contributed by atoms with Gasteiger partial charge in [-0.15, -0.1) is 0 Å². The molecule has 0 saturated carbocycles. The van der Waals surface area contributed by atoms with E-state index in [-0.39, 0.29) is 24.5 Å². The van der Waals surface area contributed by atoms with Crippen LogP contribution in [0.25, 0.3) is 0 Å². The minimum atomic E-state index is -0.628. The quantitative estimate of drug-likeness (QED) is 0.780. The maximum absolute atomic E-state index is 12.6. The van der Waals surface area contributed by atoms with Crippen LogP contribution in [-0.4, -0.2) is 76.9 Å². The average Bonchev–Trinajstić information content (AvgIpc) is 3.02. The molecule has 2 aliphatic heterocycles. The summed E-state index contributed by atoms with van der Waals surface area (Å²) >= 11 is 5.89. The van der Waals surface area contributed by atoms with Crippen molar-refractivity contribution in [2.75, 3.05) is 26.2 Å². The maximum Gasteiger partial charge on any atom is 0.410 e. The molecule has 0 spiro atoms. The molecule has 2 unspecified atom stereocenters. The molecule has 0 bridgehead atoms. The van der Waals surface area contributed by atoms with Gasteiger partial charge in [0, 0.05) is 36.3 Å². The number of piperidine rings is 1. The van der Waals surface area contributed by atoms with Crippen LogP contribution in [0.4, 0.5) is 4.79 Å². The summed E-state index contributed by atoms with van der Waals surface area (Å²) in [6.07, 6.45) is 0.574. The van der Waals surface area contributed by atoms with Crippen molar-refractivity contribution in [3.05, 3.63) is 34.9 Å². The molecule has 2 fully saturated rings. The Labute approximate surface area is 176 Å². The van der Waals surface area contributed by atoms with Crippen molar-refractivity contribution < 1.29 is 19.4 Å². The summed E-state index contributed by atoms with van der Waals surface area (Å²) in [6, 6.07) is 6.94. The smallest absolute Gasteiger partial charge is 0.410 e. The predicted molar refractivity (Wildman–Crippen MR) is 111 cm³/mol. The van der Waals surface area contributed by atoms with Gasteiger partial charge in [0.15, 0.2) is 0 Å². The zero-order valence-corrected chi connectivity index (χ0v) is 18.0. The molecule has 3 rings (SSSR count). The molecule has 29 heavy (non-hydrogen) atoms. The summed E-state index contributed by atoms with van der Waals surface area (Å²) in [5.41, 5.74) is 0.0804. The lowest BCUT2D eigenvalue weighted by atomic mass is 10.0. The number of amides is 2. The van der Waals surface area contributed by atoms with Gasteiger partial charge in [-0.2, -0.15) is 0 Å². The first-order chi connectivity index (χ1) is 13.6. The number of halogens is 1. The lowest BCUT2D eigenvalue weighted by Crippen LogP contribution is -2.51. The molecule has 2 amide bonds. The first-order valence-electron chi connectivity index (χ1n) is 10.1. The van der Waals surface area contributed by atoms with E-state index in [0.29, 0.717) is 30.2 Å². The summed E-state index contributed by atoms with van der Waals surface area (Å²) in [5.74, 6) is 0.0112. The molecular weight excluding hydrogens is 394 g/mol. The molecule has 2 atom stereocenters. The van der Waals surface area contributed by atoms with Crippen molar-refractivity contribution in [2.45, 2.75) is 57.4 Å². The Morgan fingerprint density at radius 3 is 2.31 bits per heavy atom. The van der Waals surface area contributed by atoms with Gasteiger partial charge in [0.25, 0.3) is 5.91 Å². The van der Waals surface area contributed by atoms with Gasteiger partial charge in [-0.1, -0.05) is 11.6 Å². The average molecular weight is 424 g/mol. The number of carbonyl (C=O) groups excluding carboxylic acids is 2. The number of carbonyl (C=O) groups is 2. The summed E-state index contributed by atoms with van der Waals surface area (Å²) in [5, 5.41) is 14.4. The van der Waals surface area contributed by atoms with Crippen molar-refractivity contribution in [1.29, 1.82) is 0 Å². The van der Waals surface area contributed by atoms with Gasteiger partial charge in [-0.3, -0.25) is 4.79 Å². The number of nitrogens with one attached hydrogen (secondary N) is 1. The predicted octanol–water partition coefficient (Wildman–Crippen LogP) is 2.51. The standard InChI is InChI=1S/C21H30ClN3O4/c1-21(2,3)29-20(28)25-12-17(18(26)13-25)23-16-8-10-24(11-9-16)19(27)14-4-6-15(22)7-5-14/h4-7,16-18,23,26H,8-13H2,1-3H3. The Balaban J connectivity index is 1.47. The second kappa shape index (κ2) is 8.90. The van der Waals surface area contributed by atoms with Crippen molar-refractivity contribution in [1.82, 2.24) is 15.1 Å². The summed E-state index contributed by atoms with van der Waals surface area (Å²) in [4.78, 5) is 28.2. The fraction of sp³-hybridized carbons (Fsp3) is 0.619. The van der Waals surface area contributed by atoms with E-state index in [2.05, 4.69) is 5.32 Å². The Morgan fingerprint density at radius 2 is 1.72 bits per heavy atom. The molecule has 0 aromatic heterocycles. The fourth-order valence-electron chi connectivity index (χ4n) is 3.75. The Morgan fingerprint density at radius 1 is 1.10 bits per heavy atom. The fourth-order valence-corrected chi connectivity index (χ4v) is 3.88. The molecule has 160 valence electrons. The van der Waals surface area contributed by atoms with E-state index in [0.717, 1.165) is 12.8 Å². The number of hydrogen-bond acceptors (Lipinski definition) is 5. The molecule has 2 N–H and O–H groups in total. The van der Waals surface area contributed by atoms with E-state index in [1.807, 2.05) is 25.7 Å². The highest BCUT2D eigenvalue weighted by Gasteiger charge is 2.37. The van der Waals surface area contributed by atoms with Gasteiger partial charge in [-0.25, -0.2) is 4.79 Å². The summed E-state index contributed by atoms with van der Waals surface area (Å²) < 4.78 is 5.39. The second-order valence-corrected chi connectivity index (χ2v) is 9.24. The van der Waals surface area contributed by atoms with E-state index in [4.69, 9.17) is 16.3 Å². The molecule has 7 nitrogen and oxygen atoms in total. The number of benzene rings is 1. The van der Waals surface area contributed by atoms with E-state index < -0.39 is 17.8 Å². The van der Waals surface area contributed by atoms with Crippen LogP contribution < -0.4 is 5.32 Å². The largest absolute Gasteiger partial charge is 0.444 e. The van der Waals surface area contributed by atoms with E-state index >= 15 is 0 Å². The van der Waals surface area contributed by atoms with E-state index in [1.54, 1.807) is 29.2 Å². The van der Waals surface area contributed by atoms with Gasteiger partial charge in [-0.05, 0) is 57.9 Å². The number of aliphatic hydroxyl groups excluding tert-OH is 1. The molecule has 0 aliphatic carbocycles. The normalized spacial score (nSPS) is 23.3. The van der Waals surface area contributed by atoms with Crippen LogP contribution in [0.5, 0.6) is 0 Å². The highest BCUT2D eigenvalue weighted by atomic mass is 35.5. The molecule has 0 radical (unpaired) electrons. The zero-order valence-electron chi connectivity index (χ0n) is 17.2. The first kappa shape index (κ1) is 21.9. The molecule has 2 aliphatic rings. The van der Waals surface area contributed by atoms with E-state index in [1.165, 1.54) is 0 Å². The molecular formula is C21H30ClN3O4. The SMILES string of the molecule is CC(C)(C)OC(=O)N1CC(O)C(NC2CCN(C(=O)c3ccc(Cl)cc3)CC2)C1. The summed E-state index contributed by atoms with van der Waals surface area (Å²) in [7, 11) is 0. The summed E-state index contributed by atoms with van der Waals surface area (Å²) in [6.45, 7) is 7.46. The highest BCUT2D eigenvalue weighted by Crippen LogP contribution is 2.20. The number of hydrogen-bond donors (Lipinski definition) is 2. The minimum Gasteiger partial charge on any atom is -0.444 e. The van der Waals surface area contributed by atoms with Crippen molar-refractivity contribution >= 4 is 23.6 Å². The number of ether oxygens (including phenoxy) is 1. The van der Waals surface area contributed by atoms with E-state index in [9.17, 15) is 14.7 Å². The van der Waals surface area contributed by atoms with Crippen LogP contribution in [0, 0.1) is 0 Å².